The van der Waals surface area contributed by atoms with E-state index in [1.54, 1.807) is 18.2 Å². The van der Waals surface area contributed by atoms with E-state index >= 15 is 0 Å². The Kier molecular flexibility index (Phi) is 7.18. The highest BCUT2D eigenvalue weighted by Crippen LogP contribution is 2.29. The van der Waals surface area contributed by atoms with Crippen LogP contribution in [0.5, 0.6) is 5.75 Å². The summed E-state index contributed by atoms with van der Waals surface area (Å²) in [6, 6.07) is 4.28. The van der Waals surface area contributed by atoms with Gasteiger partial charge in [0.1, 0.15) is 11.8 Å². The largest absolute Gasteiger partial charge is 0.492 e. The summed E-state index contributed by atoms with van der Waals surface area (Å²) in [5.41, 5.74) is 0.639. The highest BCUT2D eigenvalue weighted by Gasteiger charge is 2.22. The van der Waals surface area contributed by atoms with E-state index in [9.17, 15) is 9.59 Å². The molecule has 0 bridgehead atoms. The lowest BCUT2D eigenvalue weighted by Gasteiger charge is -2.17. The number of amides is 1. The van der Waals surface area contributed by atoms with Crippen LogP contribution in [0.15, 0.2) is 18.2 Å². The van der Waals surface area contributed by atoms with Gasteiger partial charge in [0.25, 0.3) is 0 Å². The minimum atomic E-state index is -1.03. The molecule has 5 nitrogen and oxygen atoms in total. The summed E-state index contributed by atoms with van der Waals surface area (Å²) in [5.74, 6) is -0.751. The smallest absolute Gasteiger partial charge is 0.326 e. The van der Waals surface area contributed by atoms with Gasteiger partial charge < -0.3 is 15.2 Å². The molecule has 0 saturated carbocycles. The molecule has 22 heavy (non-hydrogen) atoms. The maximum Gasteiger partial charge on any atom is 0.326 e. The molecule has 1 aromatic rings. The second-order valence-electron chi connectivity index (χ2n) is 5.43. The Labute approximate surface area is 135 Å². The van der Waals surface area contributed by atoms with Crippen LogP contribution in [0.4, 0.5) is 0 Å². The van der Waals surface area contributed by atoms with Crippen LogP contribution in [-0.2, 0) is 16.0 Å². The SMILES string of the molecule is CCOc1c(Cl)cccc1CC(=O)N[C@@H](CC(C)C)C(=O)O. The van der Waals surface area contributed by atoms with Crippen LogP contribution in [0.25, 0.3) is 0 Å². The maximum atomic E-state index is 12.1. The minimum Gasteiger partial charge on any atom is -0.492 e. The van der Waals surface area contributed by atoms with E-state index in [0.717, 1.165) is 0 Å². The number of carboxylic acids is 1. The molecule has 122 valence electrons. The molecule has 0 spiro atoms. The second-order valence-corrected chi connectivity index (χ2v) is 5.83. The fourth-order valence-electron chi connectivity index (χ4n) is 2.11. The fraction of sp³-hybridized carbons (Fsp3) is 0.500. The number of carbonyl (C=O) groups excluding carboxylic acids is 1. The number of nitrogens with one attached hydrogen (secondary N) is 1. The van der Waals surface area contributed by atoms with Gasteiger partial charge >= 0.3 is 5.97 Å². The van der Waals surface area contributed by atoms with Crippen molar-refractivity contribution in [3.05, 3.63) is 28.8 Å². The monoisotopic (exact) mass is 327 g/mol. The molecule has 0 unspecified atom stereocenters. The van der Waals surface area contributed by atoms with Gasteiger partial charge in [0, 0.05) is 5.56 Å². The number of benzene rings is 1. The lowest BCUT2D eigenvalue weighted by molar-refractivity contribution is -0.142. The van der Waals surface area contributed by atoms with Gasteiger partial charge in [0.05, 0.1) is 18.1 Å². The first kappa shape index (κ1) is 18.3. The molecule has 0 radical (unpaired) electrons. The molecule has 6 heteroatoms. The first-order valence-electron chi connectivity index (χ1n) is 7.27. The molecule has 0 heterocycles. The molecule has 0 aromatic heterocycles. The van der Waals surface area contributed by atoms with Gasteiger partial charge in [-0.25, -0.2) is 4.79 Å². The van der Waals surface area contributed by atoms with Crippen molar-refractivity contribution in [2.45, 2.75) is 39.7 Å². The zero-order valence-electron chi connectivity index (χ0n) is 13.1. The van der Waals surface area contributed by atoms with E-state index in [1.807, 2.05) is 20.8 Å². The molecule has 1 aromatic carbocycles. The van der Waals surface area contributed by atoms with Gasteiger partial charge in [-0.05, 0) is 25.3 Å². The van der Waals surface area contributed by atoms with E-state index in [-0.39, 0.29) is 18.2 Å². The van der Waals surface area contributed by atoms with Gasteiger partial charge in [-0.15, -0.1) is 0 Å². The Morgan fingerprint density at radius 2 is 2.05 bits per heavy atom. The van der Waals surface area contributed by atoms with Gasteiger partial charge in [0.2, 0.25) is 5.91 Å². The van der Waals surface area contributed by atoms with Crippen LogP contribution in [0.3, 0.4) is 0 Å². The Morgan fingerprint density at radius 3 is 2.59 bits per heavy atom. The molecule has 0 fully saturated rings. The Morgan fingerprint density at radius 1 is 1.36 bits per heavy atom. The third-order valence-electron chi connectivity index (χ3n) is 3.03. The predicted octanol–water partition coefficient (Wildman–Crippen LogP) is 2.90. The number of hydrogen-bond acceptors (Lipinski definition) is 3. The highest BCUT2D eigenvalue weighted by atomic mass is 35.5. The molecule has 1 rings (SSSR count). The number of aliphatic carboxylic acids is 1. The molecule has 1 atom stereocenters. The van der Waals surface area contributed by atoms with Crippen LogP contribution in [0.2, 0.25) is 5.02 Å². The van der Waals surface area contributed by atoms with E-state index in [2.05, 4.69) is 5.32 Å². The number of ether oxygens (including phenoxy) is 1. The van der Waals surface area contributed by atoms with E-state index < -0.39 is 12.0 Å². The van der Waals surface area contributed by atoms with E-state index in [0.29, 0.717) is 29.4 Å². The number of carboxylic acid groups (broad SMARTS) is 1. The van der Waals surface area contributed by atoms with E-state index in [1.165, 1.54) is 0 Å². The molecule has 0 aliphatic carbocycles. The summed E-state index contributed by atoms with van der Waals surface area (Å²) < 4.78 is 5.46. The molecule has 1 amide bonds. The molecule has 0 aliphatic heterocycles. The molecular weight excluding hydrogens is 306 g/mol. The quantitative estimate of drug-likeness (QED) is 0.769. The molecular formula is C16H22ClNO4. The number of rotatable bonds is 8. The van der Waals surface area contributed by atoms with Crippen molar-refractivity contribution in [3.8, 4) is 5.75 Å². The summed E-state index contributed by atoms with van der Waals surface area (Å²) in [6.07, 6.45) is 0.409. The van der Waals surface area contributed by atoms with Crippen LogP contribution < -0.4 is 10.1 Å². The van der Waals surface area contributed by atoms with Crippen LogP contribution >= 0.6 is 11.6 Å². The summed E-state index contributed by atoms with van der Waals surface area (Å²) >= 11 is 6.07. The summed E-state index contributed by atoms with van der Waals surface area (Å²) in [6.45, 7) is 6.08. The third-order valence-corrected chi connectivity index (χ3v) is 3.33. The number of carbonyl (C=O) groups is 2. The van der Waals surface area contributed by atoms with Crippen molar-refractivity contribution in [1.29, 1.82) is 0 Å². The number of halogens is 1. The van der Waals surface area contributed by atoms with Crippen molar-refractivity contribution < 1.29 is 19.4 Å². The van der Waals surface area contributed by atoms with Crippen LogP contribution in [-0.4, -0.2) is 29.6 Å². The fourth-order valence-corrected chi connectivity index (χ4v) is 2.36. The lowest BCUT2D eigenvalue weighted by atomic mass is 10.0. The number of para-hydroxylation sites is 1. The Bertz CT molecular complexity index is 531. The van der Waals surface area contributed by atoms with Gasteiger partial charge in [0.15, 0.2) is 0 Å². The van der Waals surface area contributed by atoms with Crippen molar-refractivity contribution in [3.63, 3.8) is 0 Å². The Hall–Kier alpha value is -1.75. The highest BCUT2D eigenvalue weighted by molar-refractivity contribution is 6.32. The topological polar surface area (TPSA) is 75.6 Å². The average Bonchev–Trinajstić information content (AvgIpc) is 2.41. The molecule has 0 aliphatic rings. The van der Waals surface area contributed by atoms with Crippen LogP contribution in [0, 0.1) is 5.92 Å². The molecule has 2 N–H and O–H groups in total. The zero-order valence-corrected chi connectivity index (χ0v) is 13.8. The van der Waals surface area contributed by atoms with Crippen molar-refractivity contribution in [2.75, 3.05) is 6.61 Å². The first-order valence-corrected chi connectivity index (χ1v) is 7.65. The predicted molar refractivity (Wildman–Crippen MR) is 85.3 cm³/mol. The van der Waals surface area contributed by atoms with Gasteiger partial charge in [-0.2, -0.15) is 0 Å². The Balaban J connectivity index is 2.80. The van der Waals surface area contributed by atoms with Gasteiger partial charge in [-0.1, -0.05) is 37.6 Å². The van der Waals surface area contributed by atoms with Crippen molar-refractivity contribution in [2.24, 2.45) is 5.92 Å². The molecule has 0 saturated heterocycles. The average molecular weight is 328 g/mol. The van der Waals surface area contributed by atoms with Crippen molar-refractivity contribution >= 4 is 23.5 Å². The van der Waals surface area contributed by atoms with Crippen LogP contribution in [0.1, 0.15) is 32.8 Å². The normalized spacial score (nSPS) is 12.0. The lowest BCUT2D eigenvalue weighted by Crippen LogP contribution is -2.42. The third kappa shape index (κ3) is 5.56. The number of hydrogen-bond donors (Lipinski definition) is 2. The standard InChI is InChI=1S/C16H22ClNO4/c1-4-22-15-11(6-5-7-12(15)17)9-14(19)18-13(16(20)21)8-10(2)3/h5-7,10,13H,4,8-9H2,1-3H3,(H,18,19)(H,20,21)/t13-/m0/s1. The minimum absolute atomic E-state index is 0.0256. The second kappa shape index (κ2) is 8.63. The first-order chi connectivity index (χ1) is 10.3. The summed E-state index contributed by atoms with van der Waals surface area (Å²) in [4.78, 5) is 23.3. The summed E-state index contributed by atoms with van der Waals surface area (Å²) in [7, 11) is 0. The van der Waals surface area contributed by atoms with Gasteiger partial charge in [-0.3, -0.25) is 4.79 Å². The maximum absolute atomic E-state index is 12.1. The summed E-state index contributed by atoms with van der Waals surface area (Å²) in [5, 5.41) is 12.1. The van der Waals surface area contributed by atoms with E-state index in [4.69, 9.17) is 21.4 Å². The van der Waals surface area contributed by atoms with Crippen molar-refractivity contribution in [1.82, 2.24) is 5.32 Å². The zero-order chi connectivity index (χ0) is 16.7.